The van der Waals surface area contributed by atoms with Crippen LogP contribution in [0.5, 0.6) is 0 Å². The number of carbonyl (C=O) groups excluding carboxylic acids is 1. The molecule has 1 fully saturated rings. The average Bonchev–Trinajstić information content (AvgIpc) is 2.55. The zero-order valence-corrected chi connectivity index (χ0v) is 14.7. The maximum Gasteiger partial charge on any atom is 0.335 e. The van der Waals surface area contributed by atoms with E-state index in [1.807, 2.05) is 51.2 Å². The van der Waals surface area contributed by atoms with Gasteiger partial charge in [0, 0.05) is 11.5 Å². The maximum atomic E-state index is 12.9. The van der Waals surface area contributed by atoms with Crippen molar-refractivity contribution in [2.24, 2.45) is 5.11 Å². The SMILES string of the molecule is CC(C)(C)OC(=O)C1(N2CCCCC2)C=CC(=CCN=[N+]=[N-])C=C1. The highest BCUT2D eigenvalue weighted by atomic mass is 16.6. The van der Waals surface area contributed by atoms with Crippen molar-refractivity contribution in [2.45, 2.75) is 51.2 Å². The molecule has 0 N–H and O–H groups in total. The van der Waals surface area contributed by atoms with Gasteiger partial charge in [0.05, 0.1) is 0 Å². The van der Waals surface area contributed by atoms with Crippen LogP contribution < -0.4 is 0 Å². The molecule has 6 nitrogen and oxygen atoms in total. The molecule has 0 aromatic heterocycles. The van der Waals surface area contributed by atoms with Crippen molar-refractivity contribution >= 4 is 5.97 Å². The summed E-state index contributed by atoms with van der Waals surface area (Å²) < 4.78 is 5.70. The van der Waals surface area contributed by atoms with Crippen LogP contribution >= 0.6 is 0 Å². The summed E-state index contributed by atoms with van der Waals surface area (Å²) in [6.07, 6.45) is 12.9. The van der Waals surface area contributed by atoms with E-state index in [1.54, 1.807) is 0 Å². The number of allylic oxidation sites excluding steroid dienone is 3. The molecule has 0 saturated carbocycles. The Bertz CT molecular complexity index is 585. The number of hydrogen-bond donors (Lipinski definition) is 0. The Hall–Kier alpha value is -2.04. The van der Waals surface area contributed by atoms with Crippen LogP contribution in [0.25, 0.3) is 10.4 Å². The molecule has 0 atom stereocenters. The molecule has 0 unspecified atom stereocenters. The molecule has 1 heterocycles. The average molecular weight is 330 g/mol. The molecule has 2 rings (SSSR count). The van der Waals surface area contributed by atoms with Crippen molar-refractivity contribution in [3.63, 3.8) is 0 Å². The second-order valence-electron chi connectivity index (χ2n) is 7.16. The topological polar surface area (TPSA) is 78.3 Å². The number of esters is 1. The summed E-state index contributed by atoms with van der Waals surface area (Å²) in [5.41, 5.74) is 7.91. The van der Waals surface area contributed by atoms with Gasteiger partial charge in [0.1, 0.15) is 5.60 Å². The van der Waals surface area contributed by atoms with E-state index < -0.39 is 11.1 Å². The van der Waals surface area contributed by atoms with Gasteiger partial charge in [-0.2, -0.15) is 0 Å². The highest BCUT2D eigenvalue weighted by Gasteiger charge is 2.43. The highest BCUT2D eigenvalue weighted by molar-refractivity contribution is 5.87. The van der Waals surface area contributed by atoms with Crippen molar-refractivity contribution in [3.05, 3.63) is 46.4 Å². The lowest BCUT2D eigenvalue weighted by atomic mass is 9.88. The molecule has 1 aliphatic carbocycles. The van der Waals surface area contributed by atoms with Crippen molar-refractivity contribution in [1.82, 2.24) is 4.90 Å². The summed E-state index contributed by atoms with van der Waals surface area (Å²) in [6, 6.07) is 0. The number of nitrogens with zero attached hydrogens (tertiary/aromatic N) is 4. The Kier molecular flexibility index (Phi) is 5.86. The number of ether oxygens (including phenoxy) is 1. The summed E-state index contributed by atoms with van der Waals surface area (Å²) >= 11 is 0. The Morgan fingerprint density at radius 1 is 1.33 bits per heavy atom. The monoisotopic (exact) mass is 330 g/mol. The molecule has 6 heteroatoms. The smallest absolute Gasteiger partial charge is 0.335 e. The summed E-state index contributed by atoms with van der Waals surface area (Å²) in [5.74, 6) is -0.238. The molecule has 0 radical (unpaired) electrons. The zero-order chi connectivity index (χ0) is 17.6. The first-order chi connectivity index (χ1) is 11.4. The summed E-state index contributed by atoms with van der Waals surface area (Å²) in [6.45, 7) is 7.71. The van der Waals surface area contributed by atoms with Gasteiger partial charge in [0.25, 0.3) is 0 Å². The molecular formula is C18H26N4O2. The number of piperidine rings is 1. The molecule has 24 heavy (non-hydrogen) atoms. The van der Waals surface area contributed by atoms with Crippen LogP contribution in [0.15, 0.2) is 41.1 Å². The molecule has 0 amide bonds. The van der Waals surface area contributed by atoms with Gasteiger partial charge in [0.15, 0.2) is 5.54 Å². The molecule has 1 aliphatic heterocycles. The van der Waals surface area contributed by atoms with Gasteiger partial charge in [-0.25, -0.2) is 4.79 Å². The van der Waals surface area contributed by atoms with E-state index in [4.69, 9.17) is 10.3 Å². The minimum absolute atomic E-state index is 0.238. The first-order valence-electron chi connectivity index (χ1n) is 8.45. The second-order valence-corrected chi connectivity index (χ2v) is 7.16. The predicted octanol–water partition coefficient (Wildman–Crippen LogP) is 3.92. The van der Waals surface area contributed by atoms with Crippen LogP contribution in [-0.4, -0.2) is 41.6 Å². The minimum atomic E-state index is -0.844. The van der Waals surface area contributed by atoms with Crippen LogP contribution in [0.2, 0.25) is 0 Å². The van der Waals surface area contributed by atoms with Gasteiger partial charge in [-0.1, -0.05) is 29.8 Å². The van der Waals surface area contributed by atoms with E-state index in [1.165, 1.54) is 6.42 Å². The lowest BCUT2D eigenvalue weighted by molar-refractivity contribution is -0.164. The van der Waals surface area contributed by atoms with Crippen LogP contribution in [0.1, 0.15) is 40.0 Å². The van der Waals surface area contributed by atoms with E-state index in [0.717, 1.165) is 31.5 Å². The van der Waals surface area contributed by atoms with Crippen LogP contribution in [-0.2, 0) is 9.53 Å². The van der Waals surface area contributed by atoms with Crippen molar-refractivity contribution in [3.8, 4) is 0 Å². The fraction of sp³-hybridized carbons (Fsp3) is 0.611. The van der Waals surface area contributed by atoms with Crippen molar-refractivity contribution < 1.29 is 9.53 Å². The number of hydrogen-bond acceptors (Lipinski definition) is 4. The Labute approximate surface area is 143 Å². The number of carbonyl (C=O) groups is 1. The van der Waals surface area contributed by atoms with E-state index in [0.29, 0.717) is 6.54 Å². The maximum absolute atomic E-state index is 12.9. The molecule has 2 aliphatic rings. The van der Waals surface area contributed by atoms with E-state index >= 15 is 0 Å². The minimum Gasteiger partial charge on any atom is -0.458 e. The Morgan fingerprint density at radius 3 is 2.50 bits per heavy atom. The summed E-state index contributed by atoms with van der Waals surface area (Å²) in [4.78, 5) is 17.9. The van der Waals surface area contributed by atoms with Gasteiger partial charge in [-0.15, -0.1) is 0 Å². The second kappa shape index (κ2) is 7.69. The van der Waals surface area contributed by atoms with E-state index in [-0.39, 0.29) is 5.97 Å². The number of likely N-dealkylation sites (tertiary alicyclic amines) is 1. The van der Waals surface area contributed by atoms with Crippen molar-refractivity contribution in [1.29, 1.82) is 0 Å². The van der Waals surface area contributed by atoms with E-state index in [9.17, 15) is 4.79 Å². The predicted molar refractivity (Wildman–Crippen MR) is 94.4 cm³/mol. The van der Waals surface area contributed by atoms with E-state index in [2.05, 4.69) is 14.9 Å². The molecular weight excluding hydrogens is 304 g/mol. The number of rotatable bonds is 4. The van der Waals surface area contributed by atoms with Crippen LogP contribution in [0.3, 0.4) is 0 Å². The molecule has 1 saturated heterocycles. The lowest BCUT2D eigenvalue weighted by Crippen LogP contribution is -2.56. The third-order valence-electron chi connectivity index (χ3n) is 4.14. The third-order valence-corrected chi connectivity index (χ3v) is 4.14. The molecule has 130 valence electrons. The van der Waals surface area contributed by atoms with Gasteiger partial charge in [0.2, 0.25) is 0 Å². The van der Waals surface area contributed by atoms with Crippen LogP contribution in [0.4, 0.5) is 0 Å². The standard InChI is InChI=1S/C18H26N4O2/c1-17(2,3)24-16(23)18(22-13-5-4-6-14-22)10-7-15(8-11-18)9-12-20-21-19/h7-11H,4-6,12-14H2,1-3H3. The fourth-order valence-corrected chi connectivity index (χ4v) is 2.98. The number of azide groups is 1. The lowest BCUT2D eigenvalue weighted by Gasteiger charge is -2.42. The Balaban J connectivity index is 2.27. The zero-order valence-electron chi connectivity index (χ0n) is 14.7. The van der Waals surface area contributed by atoms with Gasteiger partial charge in [-0.3, -0.25) is 4.90 Å². The fourth-order valence-electron chi connectivity index (χ4n) is 2.98. The first-order valence-corrected chi connectivity index (χ1v) is 8.45. The summed E-state index contributed by atoms with van der Waals surface area (Å²) in [5, 5.41) is 3.51. The molecule has 0 spiro atoms. The molecule has 0 bridgehead atoms. The summed E-state index contributed by atoms with van der Waals surface area (Å²) in [7, 11) is 0. The molecule has 0 aromatic rings. The Morgan fingerprint density at radius 2 is 1.96 bits per heavy atom. The van der Waals surface area contributed by atoms with Crippen molar-refractivity contribution in [2.75, 3.05) is 19.6 Å². The van der Waals surface area contributed by atoms with Crippen LogP contribution in [0, 0.1) is 0 Å². The van der Waals surface area contributed by atoms with Gasteiger partial charge < -0.3 is 4.74 Å². The third kappa shape index (κ3) is 4.49. The largest absolute Gasteiger partial charge is 0.458 e. The highest BCUT2D eigenvalue weighted by Crippen LogP contribution is 2.31. The van der Waals surface area contributed by atoms with Gasteiger partial charge >= 0.3 is 5.97 Å². The quantitative estimate of drug-likeness (QED) is 0.339. The first kappa shape index (κ1) is 18.3. The normalized spacial score (nSPS) is 24.4. The van der Waals surface area contributed by atoms with Gasteiger partial charge in [-0.05, 0) is 70.0 Å². The molecule has 0 aromatic carbocycles.